The quantitative estimate of drug-likeness (QED) is 0.243. The van der Waals surface area contributed by atoms with Crippen LogP contribution in [0.1, 0.15) is 88.6 Å². The third kappa shape index (κ3) is 7.02. The number of allylic oxidation sites excluding steroid dienone is 1. The number of hydrogen-bond acceptors (Lipinski definition) is 4. The van der Waals surface area contributed by atoms with Gasteiger partial charge in [-0.3, -0.25) is 4.79 Å². The minimum atomic E-state index is -1.00. The second-order valence-electron chi connectivity index (χ2n) is 6.76. The lowest BCUT2D eigenvalue weighted by Gasteiger charge is -2.20. The molecule has 1 N–H and O–H groups in total. The monoisotopic (exact) mass is 390 g/mol. The third-order valence-corrected chi connectivity index (χ3v) is 4.36. The normalized spacial score (nSPS) is 11.4. The summed E-state index contributed by atoms with van der Waals surface area (Å²) >= 11 is 0. The van der Waals surface area contributed by atoms with Crippen molar-refractivity contribution >= 4 is 17.3 Å². The Bertz CT molecular complexity index is 676. The van der Waals surface area contributed by atoms with Crippen molar-refractivity contribution in [1.82, 2.24) is 0 Å². The number of Topliss-reactive ketones (excluding diaryl/α,β-unsaturated/α-hetero) is 1. The number of hydrogen-bond donors (Lipinski definition) is 1. The van der Waals surface area contributed by atoms with E-state index in [2.05, 4.69) is 6.92 Å². The molecule has 0 aliphatic heterocycles. The Balaban J connectivity index is 3.51. The summed E-state index contributed by atoms with van der Waals surface area (Å²) in [6.45, 7) is 8.95. The molecule has 0 amide bonds. The number of unbranched alkanes of at least 4 members (excludes halogenated alkanes) is 2. The van der Waals surface area contributed by atoms with Crippen molar-refractivity contribution in [3.05, 3.63) is 29.3 Å². The molecule has 0 saturated heterocycles. The highest BCUT2D eigenvalue weighted by Gasteiger charge is 2.22. The van der Waals surface area contributed by atoms with Gasteiger partial charge in [0.2, 0.25) is 0 Å². The van der Waals surface area contributed by atoms with Crippen LogP contribution >= 0.6 is 0 Å². The summed E-state index contributed by atoms with van der Waals surface area (Å²) in [6.07, 6.45) is 6.72. The van der Waals surface area contributed by atoms with E-state index >= 15 is 0 Å². The Kier molecular flexibility index (Phi) is 11.0. The average molecular weight is 391 g/mol. The molecule has 5 heteroatoms. The zero-order valence-corrected chi connectivity index (χ0v) is 17.7. The molecule has 0 aliphatic carbocycles. The summed E-state index contributed by atoms with van der Waals surface area (Å²) in [7, 11) is 0. The van der Waals surface area contributed by atoms with E-state index in [0.29, 0.717) is 54.3 Å². The van der Waals surface area contributed by atoms with Gasteiger partial charge < -0.3 is 14.6 Å². The number of benzene rings is 1. The lowest BCUT2D eigenvalue weighted by Crippen LogP contribution is -2.10. The van der Waals surface area contributed by atoms with Crippen LogP contribution in [0.15, 0.2) is 18.2 Å². The Morgan fingerprint density at radius 3 is 2.11 bits per heavy atom. The van der Waals surface area contributed by atoms with Gasteiger partial charge in [-0.2, -0.15) is 0 Å². The molecule has 156 valence electrons. The van der Waals surface area contributed by atoms with E-state index in [1.807, 2.05) is 20.8 Å². The van der Waals surface area contributed by atoms with Crippen LogP contribution in [-0.4, -0.2) is 30.1 Å². The Labute approximate surface area is 168 Å². The van der Waals surface area contributed by atoms with Crippen LogP contribution in [-0.2, 0) is 4.79 Å². The van der Waals surface area contributed by atoms with E-state index < -0.39 is 5.97 Å². The molecule has 0 heterocycles. The van der Waals surface area contributed by atoms with E-state index in [1.165, 1.54) is 6.08 Å². The van der Waals surface area contributed by atoms with E-state index in [4.69, 9.17) is 9.47 Å². The maximum absolute atomic E-state index is 12.6. The number of carboxylic acid groups (broad SMARTS) is 1. The summed E-state index contributed by atoms with van der Waals surface area (Å²) in [5.41, 5.74) is 1.84. The summed E-state index contributed by atoms with van der Waals surface area (Å²) < 4.78 is 12.1. The first-order valence-electron chi connectivity index (χ1n) is 10.4. The highest BCUT2D eigenvalue weighted by Crippen LogP contribution is 2.40. The molecular weight excluding hydrogens is 356 g/mol. The van der Waals surface area contributed by atoms with Gasteiger partial charge in [-0.25, -0.2) is 4.79 Å². The minimum Gasteiger partial charge on any atom is -0.489 e. The lowest BCUT2D eigenvalue weighted by molar-refractivity contribution is -0.131. The Morgan fingerprint density at radius 2 is 1.54 bits per heavy atom. The van der Waals surface area contributed by atoms with Crippen molar-refractivity contribution in [1.29, 1.82) is 0 Å². The van der Waals surface area contributed by atoms with Crippen molar-refractivity contribution in [2.75, 3.05) is 13.2 Å². The van der Waals surface area contributed by atoms with Crippen LogP contribution in [0.3, 0.4) is 0 Å². The van der Waals surface area contributed by atoms with Crippen molar-refractivity contribution in [2.45, 2.75) is 72.6 Å². The van der Waals surface area contributed by atoms with Gasteiger partial charge in [-0.05, 0) is 43.4 Å². The predicted molar refractivity (Wildman–Crippen MR) is 112 cm³/mol. The molecule has 0 saturated carbocycles. The van der Waals surface area contributed by atoms with Gasteiger partial charge in [0.05, 0.1) is 18.8 Å². The van der Waals surface area contributed by atoms with E-state index in [0.717, 1.165) is 32.1 Å². The zero-order chi connectivity index (χ0) is 20.9. The average Bonchev–Trinajstić information content (AvgIpc) is 2.67. The molecule has 1 aromatic carbocycles. The fourth-order valence-corrected chi connectivity index (χ4v) is 2.93. The number of ketones is 1. The van der Waals surface area contributed by atoms with Gasteiger partial charge >= 0.3 is 5.97 Å². The number of carbonyl (C=O) groups is 2. The molecule has 5 nitrogen and oxygen atoms in total. The first kappa shape index (κ1) is 23.7. The molecule has 0 fully saturated rings. The fraction of sp³-hybridized carbons (Fsp3) is 0.565. The maximum atomic E-state index is 12.6. The van der Waals surface area contributed by atoms with Gasteiger partial charge in [-0.15, -0.1) is 0 Å². The number of rotatable bonds is 14. The smallest absolute Gasteiger partial charge is 0.328 e. The van der Waals surface area contributed by atoms with Crippen molar-refractivity contribution in [3.63, 3.8) is 0 Å². The maximum Gasteiger partial charge on any atom is 0.328 e. The van der Waals surface area contributed by atoms with Gasteiger partial charge in [0.1, 0.15) is 0 Å². The SMILES string of the molecule is CCCCCOc1c(C(=CC(=O)O)CC)ccc(C(=O)CCC)c1OCCC. The van der Waals surface area contributed by atoms with E-state index in [9.17, 15) is 14.7 Å². The molecule has 0 aliphatic rings. The van der Waals surface area contributed by atoms with Crippen molar-refractivity contribution in [3.8, 4) is 11.5 Å². The number of aliphatic carboxylic acids is 1. The summed E-state index contributed by atoms with van der Waals surface area (Å²) in [4.78, 5) is 23.9. The standard InChI is InChI=1S/C23H34O5/c1-5-9-10-15-28-22-18(17(8-4)16-21(25)26)12-13-19(20(24)11-6-2)23(22)27-14-7-3/h12-13,16H,5-11,14-15H2,1-4H3,(H,25,26). The summed E-state index contributed by atoms with van der Waals surface area (Å²) in [5, 5.41) is 9.23. The van der Waals surface area contributed by atoms with Crippen LogP contribution in [0.25, 0.3) is 5.57 Å². The highest BCUT2D eigenvalue weighted by molar-refractivity contribution is 6.01. The zero-order valence-electron chi connectivity index (χ0n) is 17.7. The van der Waals surface area contributed by atoms with Crippen LogP contribution in [0.4, 0.5) is 0 Å². The van der Waals surface area contributed by atoms with Gasteiger partial charge in [0.25, 0.3) is 0 Å². The Hall–Kier alpha value is -2.30. The van der Waals surface area contributed by atoms with Crippen LogP contribution < -0.4 is 9.47 Å². The molecular formula is C23H34O5. The molecule has 1 rings (SSSR count). The summed E-state index contributed by atoms with van der Waals surface area (Å²) in [5.74, 6) is -0.0605. The lowest BCUT2D eigenvalue weighted by atomic mass is 9.96. The summed E-state index contributed by atoms with van der Waals surface area (Å²) in [6, 6.07) is 3.53. The molecule has 28 heavy (non-hydrogen) atoms. The minimum absolute atomic E-state index is 0.0128. The molecule has 0 bridgehead atoms. The first-order chi connectivity index (χ1) is 13.5. The molecule has 0 unspecified atom stereocenters. The highest BCUT2D eigenvalue weighted by atomic mass is 16.5. The molecule has 0 atom stereocenters. The predicted octanol–water partition coefficient (Wildman–Crippen LogP) is 5.91. The second-order valence-corrected chi connectivity index (χ2v) is 6.76. The van der Waals surface area contributed by atoms with Gasteiger partial charge in [-0.1, -0.05) is 40.5 Å². The van der Waals surface area contributed by atoms with E-state index in [1.54, 1.807) is 12.1 Å². The van der Waals surface area contributed by atoms with Crippen molar-refractivity contribution in [2.24, 2.45) is 0 Å². The van der Waals surface area contributed by atoms with Crippen LogP contribution in [0, 0.1) is 0 Å². The molecule has 0 aromatic heterocycles. The topological polar surface area (TPSA) is 72.8 Å². The van der Waals surface area contributed by atoms with Gasteiger partial charge in [0, 0.05) is 18.1 Å². The van der Waals surface area contributed by atoms with Crippen molar-refractivity contribution < 1.29 is 24.2 Å². The number of ether oxygens (including phenoxy) is 2. The van der Waals surface area contributed by atoms with Crippen LogP contribution in [0.5, 0.6) is 11.5 Å². The van der Waals surface area contributed by atoms with Gasteiger partial charge in [0.15, 0.2) is 17.3 Å². The third-order valence-electron chi connectivity index (χ3n) is 4.36. The molecule has 1 aromatic rings. The van der Waals surface area contributed by atoms with E-state index in [-0.39, 0.29) is 5.78 Å². The largest absolute Gasteiger partial charge is 0.489 e. The number of carbonyl (C=O) groups excluding carboxylic acids is 1. The second kappa shape index (κ2) is 13.0. The Morgan fingerprint density at radius 1 is 0.893 bits per heavy atom. The molecule has 0 spiro atoms. The molecule has 0 radical (unpaired) electrons. The fourth-order valence-electron chi connectivity index (χ4n) is 2.93. The first-order valence-corrected chi connectivity index (χ1v) is 10.4. The van der Waals surface area contributed by atoms with Crippen LogP contribution in [0.2, 0.25) is 0 Å². The number of carboxylic acids is 1.